The number of carbonyl (C=O) groups is 1. The molecule has 0 aliphatic carbocycles. The first-order valence-corrected chi connectivity index (χ1v) is 7.45. The van der Waals surface area contributed by atoms with Crippen molar-refractivity contribution >= 4 is 5.91 Å². The second-order valence-corrected chi connectivity index (χ2v) is 5.65. The molecule has 0 saturated carbocycles. The van der Waals surface area contributed by atoms with Gasteiger partial charge in [-0.15, -0.1) is 0 Å². The normalized spacial score (nSPS) is 22.5. The van der Waals surface area contributed by atoms with Gasteiger partial charge in [0.1, 0.15) is 0 Å². The number of hydrogen-bond donors (Lipinski definition) is 1. The van der Waals surface area contributed by atoms with Crippen LogP contribution < -0.4 is 5.32 Å². The fraction of sp³-hybridized carbons (Fsp3) is 0.438. The van der Waals surface area contributed by atoms with Gasteiger partial charge in [0.15, 0.2) is 0 Å². The number of pyridine rings is 1. The third-order valence-electron chi connectivity index (χ3n) is 4.03. The summed E-state index contributed by atoms with van der Waals surface area (Å²) in [6.07, 6.45) is 7.68. The topological polar surface area (TPSA) is 69.0 Å². The molecular formula is C16H20N4O2. The predicted molar refractivity (Wildman–Crippen MR) is 80.8 cm³/mol. The van der Waals surface area contributed by atoms with Gasteiger partial charge in [-0.25, -0.2) is 0 Å². The number of nitrogens with zero attached hydrogens (tertiary/aromatic N) is 3. The quantitative estimate of drug-likeness (QED) is 0.934. The molecule has 1 unspecified atom stereocenters. The van der Waals surface area contributed by atoms with Crippen molar-refractivity contribution in [1.29, 1.82) is 0 Å². The Kier molecular flexibility index (Phi) is 4.20. The largest absolute Gasteiger partial charge is 0.373 e. The SMILES string of the molecule is CC(NC(=O)[C@H]1CCO[C@@H]1c1cnn(C)c1)c1cccnc1. The van der Waals surface area contributed by atoms with Crippen molar-refractivity contribution in [2.45, 2.75) is 25.5 Å². The Morgan fingerprint density at radius 2 is 2.36 bits per heavy atom. The van der Waals surface area contributed by atoms with Crippen LogP contribution in [0.5, 0.6) is 0 Å². The summed E-state index contributed by atoms with van der Waals surface area (Å²) < 4.78 is 7.47. The van der Waals surface area contributed by atoms with E-state index >= 15 is 0 Å². The van der Waals surface area contributed by atoms with Gasteiger partial charge >= 0.3 is 0 Å². The molecule has 1 saturated heterocycles. The van der Waals surface area contributed by atoms with Gasteiger partial charge in [0, 0.05) is 37.8 Å². The number of carbonyl (C=O) groups excluding carboxylic acids is 1. The molecule has 1 N–H and O–H groups in total. The standard InChI is InChI=1S/C16H20N4O2/c1-11(12-4-3-6-17-8-12)19-16(21)14-5-7-22-15(14)13-9-18-20(2)10-13/h3-4,6,8-11,14-15H,5,7H2,1-2H3,(H,19,21)/t11?,14-,15+/m0/s1. The van der Waals surface area contributed by atoms with Gasteiger partial charge in [-0.3, -0.25) is 14.5 Å². The molecule has 22 heavy (non-hydrogen) atoms. The second-order valence-electron chi connectivity index (χ2n) is 5.65. The highest BCUT2D eigenvalue weighted by atomic mass is 16.5. The molecule has 0 aromatic carbocycles. The lowest BCUT2D eigenvalue weighted by Gasteiger charge is -2.20. The third kappa shape index (κ3) is 3.01. The van der Waals surface area contributed by atoms with Crippen LogP contribution >= 0.6 is 0 Å². The maximum absolute atomic E-state index is 12.6. The predicted octanol–water partition coefficient (Wildman–Crippen LogP) is 1.77. The molecule has 1 fully saturated rings. The van der Waals surface area contributed by atoms with Crippen molar-refractivity contribution < 1.29 is 9.53 Å². The first-order chi connectivity index (χ1) is 10.6. The number of aryl methyl sites for hydroxylation is 1. The van der Waals surface area contributed by atoms with Crippen LogP contribution in [0.1, 0.15) is 36.6 Å². The zero-order valence-corrected chi connectivity index (χ0v) is 12.8. The van der Waals surface area contributed by atoms with Crippen LogP contribution in [0.15, 0.2) is 36.9 Å². The molecule has 3 atom stereocenters. The number of rotatable bonds is 4. The lowest BCUT2D eigenvalue weighted by molar-refractivity contribution is -0.127. The number of nitrogens with one attached hydrogen (secondary N) is 1. The van der Waals surface area contributed by atoms with E-state index in [1.807, 2.05) is 32.3 Å². The highest BCUT2D eigenvalue weighted by molar-refractivity contribution is 5.80. The van der Waals surface area contributed by atoms with E-state index in [1.165, 1.54) is 0 Å². The Morgan fingerprint density at radius 3 is 3.05 bits per heavy atom. The molecule has 1 amide bonds. The van der Waals surface area contributed by atoms with Crippen molar-refractivity contribution in [2.24, 2.45) is 13.0 Å². The minimum Gasteiger partial charge on any atom is -0.373 e. The number of ether oxygens (including phenoxy) is 1. The molecule has 0 radical (unpaired) electrons. The summed E-state index contributed by atoms with van der Waals surface area (Å²) in [5.74, 6) is -0.161. The fourth-order valence-corrected chi connectivity index (χ4v) is 2.81. The van der Waals surface area contributed by atoms with E-state index in [0.29, 0.717) is 6.61 Å². The maximum Gasteiger partial charge on any atom is 0.226 e. The van der Waals surface area contributed by atoms with Gasteiger partial charge in [0.2, 0.25) is 5.91 Å². The minimum atomic E-state index is -0.213. The first kappa shape index (κ1) is 14.7. The molecule has 6 nitrogen and oxygen atoms in total. The molecule has 2 aromatic heterocycles. The molecular weight excluding hydrogens is 280 g/mol. The van der Waals surface area contributed by atoms with Crippen molar-refractivity contribution in [3.63, 3.8) is 0 Å². The molecule has 6 heteroatoms. The van der Waals surface area contributed by atoms with E-state index in [2.05, 4.69) is 15.4 Å². The minimum absolute atomic E-state index is 0.0164. The van der Waals surface area contributed by atoms with E-state index in [1.54, 1.807) is 23.3 Å². The van der Waals surface area contributed by atoms with Gasteiger partial charge in [-0.05, 0) is 25.0 Å². The monoisotopic (exact) mass is 300 g/mol. The lowest BCUT2D eigenvalue weighted by atomic mass is 9.96. The Bertz CT molecular complexity index is 641. The first-order valence-electron chi connectivity index (χ1n) is 7.45. The zero-order chi connectivity index (χ0) is 15.5. The summed E-state index contributed by atoms with van der Waals surface area (Å²) in [7, 11) is 1.86. The zero-order valence-electron chi connectivity index (χ0n) is 12.8. The van der Waals surface area contributed by atoms with Crippen LogP contribution in [0, 0.1) is 5.92 Å². The molecule has 3 rings (SSSR count). The maximum atomic E-state index is 12.6. The van der Waals surface area contributed by atoms with Crippen molar-refractivity contribution in [3.05, 3.63) is 48.0 Å². The smallest absolute Gasteiger partial charge is 0.226 e. The molecule has 0 bridgehead atoms. The van der Waals surface area contributed by atoms with Crippen molar-refractivity contribution in [1.82, 2.24) is 20.1 Å². The van der Waals surface area contributed by atoms with Crippen LogP contribution in [-0.2, 0) is 16.6 Å². The van der Waals surface area contributed by atoms with Crippen LogP contribution in [0.3, 0.4) is 0 Å². The van der Waals surface area contributed by atoms with Gasteiger partial charge in [0.05, 0.1) is 24.3 Å². The molecule has 0 spiro atoms. The summed E-state index contributed by atoms with van der Waals surface area (Å²) in [6.45, 7) is 2.56. The summed E-state index contributed by atoms with van der Waals surface area (Å²) >= 11 is 0. The van der Waals surface area contributed by atoms with E-state index in [-0.39, 0.29) is 24.0 Å². The number of hydrogen-bond acceptors (Lipinski definition) is 4. The highest BCUT2D eigenvalue weighted by Gasteiger charge is 2.36. The Morgan fingerprint density at radius 1 is 1.50 bits per heavy atom. The van der Waals surface area contributed by atoms with Gasteiger partial charge < -0.3 is 10.1 Å². The molecule has 1 aliphatic rings. The van der Waals surface area contributed by atoms with E-state index in [0.717, 1.165) is 17.5 Å². The van der Waals surface area contributed by atoms with Crippen LogP contribution in [-0.4, -0.2) is 27.3 Å². The van der Waals surface area contributed by atoms with E-state index in [9.17, 15) is 4.79 Å². The number of aromatic nitrogens is 3. The average Bonchev–Trinajstić information content (AvgIpc) is 3.16. The Balaban J connectivity index is 1.69. The fourth-order valence-electron chi connectivity index (χ4n) is 2.81. The third-order valence-corrected chi connectivity index (χ3v) is 4.03. The lowest BCUT2D eigenvalue weighted by Crippen LogP contribution is -2.34. The number of amides is 1. The molecule has 1 aliphatic heterocycles. The van der Waals surface area contributed by atoms with Crippen LogP contribution in [0.4, 0.5) is 0 Å². The summed E-state index contributed by atoms with van der Waals surface area (Å²) in [4.78, 5) is 16.7. The molecule has 116 valence electrons. The van der Waals surface area contributed by atoms with Gasteiger partial charge in [-0.2, -0.15) is 5.10 Å². The van der Waals surface area contributed by atoms with Gasteiger partial charge in [-0.1, -0.05) is 6.07 Å². The van der Waals surface area contributed by atoms with E-state index in [4.69, 9.17) is 4.74 Å². The Labute approximate surface area is 129 Å². The van der Waals surface area contributed by atoms with Crippen LogP contribution in [0.25, 0.3) is 0 Å². The molecule has 3 heterocycles. The highest BCUT2D eigenvalue weighted by Crippen LogP contribution is 2.34. The van der Waals surface area contributed by atoms with Gasteiger partial charge in [0.25, 0.3) is 0 Å². The Hall–Kier alpha value is -2.21. The summed E-state index contributed by atoms with van der Waals surface area (Å²) in [5.41, 5.74) is 1.95. The second kappa shape index (κ2) is 6.27. The van der Waals surface area contributed by atoms with Crippen molar-refractivity contribution in [2.75, 3.05) is 6.61 Å². The summed E-state index contributed by atoms with van der Waals surface area (Å²) in [6, 6.07) is 3.76. The average molecular weight is 300 g/mol. The van der Waals surface area contributed by atoms with Crippen molar-refractivity contribution in [3.8, 4) is 0 Å². The molecule has 2 aromatic rings. The van der Waals surface area contributed by atoms with Crippen LogP contribution in [0.2, 0.25) is 0 Å². The van der Waals surface area contributed by atoms with E-state index < -0.39 is 0 Å². The summed E-state index contributed by atoms with van der Waals surface area (Å²) in [5, 5.41) is 7.22.